The van der Waals surface area contributed by atoms with Crippen LogP contribution in [0.15, 0.2) is 0 Å². The zero-order chi connectivity index (χ0) is 19.7. The molecule has 2 unspecified atom stereocenters. The maximum absolute atomic E-state index is 12.8. The summed E-state index contributed by atoms with van der Waals surface area (Å²) in [5.74, 6) is -1.02. The van der Waals surface area contributed by atoms with Gasteiger partial charge in [-0.15, -0.1) is 0 Å². The summed E-state index contributed by atoms with van der Waals surface area (Å²) in [5.41, 5.74) is -0.0524. The Morgan fingerprint density at radius 3 is 2.52 bits per heavy atom. The van der Waals surface area contributed by atoms with E-state index in [4.69, 9.17) is 4.74 Å². The van der Waals surface area contributed by atoms with E-state index in [1.165, 1.54) is 39.2 Å². The first-order chi connectivity index (χ1) is 12.7. The molecule has 1 spiro atoms. The summed E-state index contributed by atoms with van der Waals surface area (Å²) in [5, 5.41) is 9.14. The average Bonchev–Trinajstić information content (AvgIpc) is 3.14. The standard InChI is InChI=1S/C20H33N3O4/c1-19(2)10-13(16(24)23-19)9-14(18(26)27-3)22-17(25)15-11-20(12-21-15)7-5-4-6-8-20/h13-15,21H,4-12H2,1-3H3,(H,22,25)(H,23,24)/t13?,14-,15?/m0/s1. The van der Waals surface area contributed by atoms with E-state index >= 15 is 0 Å². The van der Waals surface area contributed by atoms with Crippen LogP contribution in [0.2, 0.25) is 0 Å². The van der Waals surface area contributed by atoms with Crippen molar-refractivity contribution in [3.63, 3.8) is 0 Å². The zero-order valence-corrected chi connectivity index (χ0v) is 16.7. The van der Waals surface area contributed by atoms with E-state index in [9.17, 15) is 14.4 Å². The second kappa shape index (κ2) is 7.78. The van der Waals surface area contributed by atoms with Crippen molar-refractivity contribution < 1.29 is 19.1 Å². The van der Waals surface area contributed by atoms with Crippen molar-refractivity contribution in [2.75, 3.05) is 13.7 Å². The van der Waals surface area contributed by atoms with Gasteiger partial charge >= 0.3 is 5.97 Å². The van der Waals surface area contributed by atoms with Crippen LogP contribution in [-0.2, 0) is 19.1 Å². The van der Waals surface area contributed by atoms with Gasteiger partial charge in [0.1, 0.15) is 6.04 Å². The van der Waals surface area contributed by atoms with Crippen LogP contribution in [-0.4, -0.2) is 49.1 Å². The number of ether oxygens (including phenoxy) is 1. The van der Waals surface area contributed by atoms with E-state index in [2.05, 4.69) is 16.0 Å². The van der Waals surface area contributed by atoms with Crippen LogP contribution in [0.25, 0.3) is 0 Å². The van der Waals surface area contributed by atoms with Crippen LogP contribution in [0.5, 0.6) is 0 Å². The predicted molar refractivity (Wildman–Crippen MR) is 101 cm³/mol. The van der Waals surface area contributed by atoms with Crippen molar-refractivity contribution >= 4 is 17.8 Å². The van der Waals surface area contributed by atoms with Gasteiger partial charge < -0.3 is 20.7 Å². The van der Waals surface area contributed by atoms with Crippen LogP contribution in [0.3, 0.4) is 0 Å². The fraction of sp³-hybridized carbons (Fsp3) is 0.850. The molecule has 7 nitrogen and oxygen atoms in total. The van der Waals surface area contributed by atoms with Crippen molar-refractivity contribution in [2.24, 2.45) is 11.3 Å². The summed E-state index contributed by atoms with van der Waals surface area (Å²) in [4.78, 5) is 37.2. The molecule has 1 aliphatic carbocycles. The molecule has 0 aromatic rings. The number of hydrogen-bond donors (Lipinski definition) is 3. The fourth-order valence-corrected chi connectivity index (χ4v) is 5.08. The van der Waals surface area contributed by atoms with E-state index in [-0.39, 0.29) is 41.1 Å². The number of hydrogen-bond acceptors (Lipinski definition) is 5. The van der Waals surface area contributed by atoms with Crippen molar-refractivity contribution in [1.29, 1.82) is 0 Å². The van der Waals surface area contributed by atoms with E-state index in [1.54, 1.807) is 0 Å². The van der Waals surface area contributed by atoms with Crippen molar-refractivity contribution in [2.45, 2.75) is 82.8 Å². The van der Waals surface area contributed by atoms with Crippen molar-refractivity contribution in [3.05, 3.63) is 0 Å². The predicted octanol–water partition coefficient (Wildman–Crippen LogP) is 1.26. The maximum atomic E-state index is 12.8. The third kappa shape index (κ3) is 4.62. The average molecular weight is 380 g/mol. The highest BCUT2D eigenvalue weighted by Crippen LogP contribution is 2.42. The number of amides is 2. The van der Waals surface area contributed by atoms with Gasteiger partial charge in [-0.1, -0.05) is 19.3 Å². The molecule has 2 heterocycles. The number of methoxy groups -OCH3 is 1. The molecular formula is C20H33N3O4. The minimum absolute atomic E-state index is 0.0664. The Morgan fingerprint density at radius 1 is 1.22 bits per heavy atom. The van der Waals surface area contributed by atoms with Crippen LogP contribution in [0.1, 0.15) is 65.2 Å². The lowest BCUT2D eigenvalue weighted by atomic mass is 9.72. The molecule has 3 rings (SSSR count). The third-order valence-corrected chi connectivity index (χ3v) is 6.50. The van der Waals surface area contributed by atoms with Gasteiger partial charge in [0, 0.05) is 18.0 Å². The molecule has 0 aromatic carbocycles. The first-order valence-corrected chi connectivity index (χ1v) is 10.2. The van der Waals surface area contributed by atoms with Crippen LogP contribution in [0.4, 0.5) is 0 Å². The SMILES string of the molecule is COC(=O)[C@H](CC1CC(C)(C)NC1=O)NC(=O)C1CC2(CCCCC2)CN1. The molecule has 2 saturated heterocycles. The molecule has 3 fully saturated rings. The zero-order valence-electron chi connectivity index (χ0n) is 16.7. The van der Waals surface area contributed by atoms with E-state index in [1.807, 2.05) is 13.8 Å². The monoisotopic (exact) mass is 379 g/mol. The summed E-state index contributed by atoms with van der Waals surface area (Å²) < 4.78 is 4.88. The van der Waals surface area contributed by atoms with E-state index in [0.717, 1.165) is 13.0 Å². The largest absolute Gasteiger partial charge is 0.467 e. The first-order valence-electron chi connectivity index (χ1n) is 10.2. The molecule has 3 atom stereocenters. The van der Waals surface area contributed by atoms with Gasteiger partial charge in [0.15, 0.2) is 0 Å². The summed E-state index contributed by atoms with van der Waals surface area (Å²) >= 11 is 0. The Bertz CT molecular complexity index is 598. The molecule has 0 radical (unpaired) electrons. The molecule has 7 heteroatoms. The second-order valence-electron chi connectivity index (χ2n) is 9.29. The van der Waals surface area contributed by atoms with Gasteiger partial charge in [-0.25, -0.2) is 4.79 Å². The van der Waals surface area contributed by atoms with E-state index < -0.39 is 12.0 Å². The molecule has 2 aliphatic heterocycles. The topological polar surface area (TPSA) is 96.5 Å². The fourth-order valence-electron chi connectivity index (χ4n) is 5.08. The van der Waals surface area contributed by atoms with Crippen LogP contribution >= 0.6 is 0 Å². The highest BCUT2D eigenvalue weighted by molar-refractivity contribution is 5.89. The van der Waals surface area contributed by atoms with Gasteiger partial charge in [0.25, 0.3) is 0 Å². The summed E-state index contributed by atoms with van der Waals surface area (Å²) in [6, 6.07) is -1.07. The van der Waals surface area contributed by atoms with Gasteiger partial charge in [0.05, 0.1) is 13.2 Å². The van der Waals surface area contributed by atoms with Crippen molar-refractivity contribution in [1.82, 2.24) is 16.0 Å². The molecule has 0 aromatic heterocycles. The van der Waals surface area contributed by atoms with Crippen LogP contribution in [0, 0.1) is 11.3 Å². The highest BCUT2D eigenvalue weighted by atomic mass is 16.5. The molecule has 3 aliphatic rings. The van der Waals surface area contributed by atoms with Gasteiger partial charge in [-0.2, -0.15) is 0 Å². The van der Waals surface area contributed by atoms with Gasteiger partial charge in [-0.05, 0) is 51.4 Å². The molecule has 3 N–H and O–H groups in total. The highest BCUT2D eigenvalue weighted by Gasteiger charge is 2.44. The van der Waals surface area contributed by atoms with Crippen molar-refractivity contribution in [3.8, 4) is 0 Å². The molecule has 2 amide bonds. The third-order valence-electron chi connectivity index (χ3n) is 6.50. The number of esters is 1. The van der Waals surface area contributed by atoms with Gasteiger partial charge in [-0.3, -0.25) is 9.59 Å². The lowest BCUT2D eigenvalue weighted by Gasteiger charge is -2.32. The van der Waals surface area contributed by atoms with E-state index in [0.29, 0.717) is 6.42 Å². The summed E-state index contributed by atoms with van der Waals surface area (Å²) in [6.45, 7) is 4.79. The van der Waals surface area contributed by atoms with Crippen LogP contribution < -0.4 is 16.0 Å². The number of rotatable bonds is 5. The first kappa shape index (κ1) is 20.1. The lowest BCUT2D eigenvalue weighted by Crippen LogP contribution is -2.49. The number of nitrogens with one attached hydrogen (secondary N) is 3. The number of carbonyl (C=O) groups is 3. The quantitative estimate of drug-likeness (QED) is 0.625. The molecule has 27 heavy (non-hydrogen) atoms. The summed E-state index contributed by atoms with van der Waals surface area (Å²) in [7, 11) is 1.31. The summed E-state index contributed by atoms with van der Waals surface area (Å²) in [6.07, 6.45) is 7.81. The Morgan fingerprint density at radius 2 is 1.93 bits per heavy atom. The Balaban J connectivity index is 1.60. The Kier molecular flexibility index (Phi) is 5.79. The number of carbonyl (C=O) groups excluding carboxylic acids is 3. The Hall–Kier alpha value is -1.63. The van der Waals surface area contributed by atoms with Gasteiger partial charge in [0.2, 0.25) is 11.8 Å². The smallest absolute Gasteiger partial charge is 0.328 e. The normalized spacial score (nSPS) is 30.0. The molecule has 1 saturated carbocycles. The molecule has 0 bridgehead atoms. The Labute approximate surface area is 161 Å². The maximum Gasteiger partial charge on any atom is 0.328 e. The second-order valence-corrected chi connectivity index (χ2v) is 9.29. The molecular weight excluding hydrogens is 346 g/mol. The lowest BCUT2D eigenvalue weighted by molar-refractivity contribution is -0.146. The molecule has 152 valence electrons. The minimum atomic E-state index is -0.795. The minimum Gasteiger partial charge on any atom is -0.467 e.